The Kier molecular flexibility index (Phi) is 13.7. The van der Waals surface area contributed by atoms with E-state index in [2.05, 4.69) is 6.92 Å². The van der Waals surface area contributed by atoms with Crippen molar-refractivity contribution in [3.63, 3.8) is 0 Å². The Labute approximate surface area is 169 Å². The zero-order valence-electron chi connectivity index (χ0n) is 17.6. The lowest BCUT2D eigenvalue weighted by molar-refractivity contribution is -0.295. The molecule has 0 aromatic carbocycles. The standard InChI is InChI=1S/C21H40O7/c1-3-4-5-6-7-8-9-10-11-12-13-14-17(22)27-15-16-18(23)19(24)20(25)21(26-2)28-16/h16,18-21,23-25H,3-15H2,1-2H3/t16-,18-,19+,20-,21+/m1/s1. The van der Waals surface area contributed by atoms with Crippen molar-refractivity contribution in [1.29, 1.82) is 0 Å². The van der Waals surface area contributed by atoms with Gasteiger partial charge in [-0.25, -0.2) is 0 Å². The number of unbranched alkanes of at least 4 members (excludes halogenated alkanes) is 10. The second-order valence-corrected chi connectivity index (χ2v) is 7.72. The normalized spacial score (nSPS) is 27.7. The molecule has 0 saturated carbocycles. The van der Waals surface area contributed by atoms with Gasteiger partial charge in [-0.15, -0.1) is 0 Å². The molecule has 1 rings (SSSR count). The van der Waals surface area contributed by atoms with E-state index in [9.17, 15) is 20.1 Å². The predicted molar refractivity (Wildman–Crippen MR) is 106 cm³/mol. The van der Waals surface area contributed by atoms with E-state index in [1.807, 2.05) is 0 Å². The summed E-state index contributed by atoms with van der Waals surface area (Å²) in [6, 6.07) is 0. The van der Waals surface area contributed by atoms with Gasteiger partial charge >= 0.3 is 5.97 Å². The number of carbonyl (C=O) groups excluding carboxylic acids is 1. The number of aliphatic hydroxyl groups is 3. The van der Waals surface area contributed by atoms with E-state index in [1.54, 1.807) is 0 Å². The number of aliphatic hydroxyl groups excluding tert-OH is 3. The zero-order valence-corrected chi connectivity index (χ0v) is 17.6. The summed E-state index contributed by atoms with van der Waals surface area (Å²) < 4.78 is 15.4. The molecule has 0 bridgehead atoms. The van der Waals surface area contributed by atoms with Gasteiger partial charge in [-0.3, -0.25) is 4.79 Å². The highest BCUT2D eigenvalue weighted by atomic mass is 16.7. The molecule has 28 heavy (non-hydrogen) atoms. The Balaban J connectivity index is 2.03. The molecule has 0 aromatic rings. The second-order valence-electron chi connectivity index (χ2n) is 7.72. The van der Waals surface area contributed by atoms with Crippen LogP contribution in [0, 0.1) is 0 Å². The average molecular weight is 405 g/mol. The average Bonchev–Trinajstić information content (AvgIpc) is 2.69. The summed E-state index contributed by atoms with van der Waals surface area (Å²) in [7, 11) is 1.33. The van der Waals surface area contributed by atoms with Crippen molar-refractivity contribution in [2.75, 3.05) is 13.7 Å². The Morgan fingerprint density at radius 3 is 1.89 bits per heavy atom. The third kappa shape index (κ3) is 9.65. The van der Waals surface area contributed by atoms with Crippen LogP contribution in [-0.2, 0) is 19.0 Å². The Morgan fingerprint density at radius 1 is 0.821 bits per heavy atom. The number of rotatable bonds is 15. The molecule has 7 nitrogen and oxygen atoms in total. The van der Waals surface area contributed by atoms with Crippen LogP contribution in [0.5, 0.6) is 0 Å². The van der Waals surface area contributed by atoms with Crippen molar-refractivity contribution in [3.8, 4) is 0 Å². The molecule has 5 atom stereocenters. The van der Waals surface area contributed by atoms with Gasteiger partial charge < -0.3 is 29.5 Å². The number of hydrogen-bond donors (Lipinski definition) is 3. The lowest BCUT2D eigenvalue weighted by Gasteiger charge is -2.39. The van der Waals surface area contributed by atoms with Crippen LogP contribution < -0.4 is 0 Å². The molecule has 1 heterocycles. The molecular weight excluding hydrogens is 364 g/mol. The van der Waals surface area contributed by atoms with Crippen molar-refractivity contribution < 1.29 is 34.3 Å². The summed E-state index contributed by atoms with van der Waals surface area (Å²) in [5.74, 6) is -0.346. The van der Waals surface area contributed by atoms with E-state index in [4.69, 9.17) is 14.2 Å². The highest BCUT2D eigenvalue weighted by Gasteiger charge is 2.44. The summed E-state index contributed by atoms with van der Waals surface area (Å²) in [6.07, 6.45) is 7.62. The number of carbonyl (C=O) groups is 1. The molecule has 1 fully saturated rings. The van der Waals surface area contributed by atoms with Gasteiger partial charge in [0.05, 0.1) is 0 Å². The third-order valence-electron chi connectivity index (χ3n) is 5.29. The summed E-state index contributed by atoms with van der Waals surface area (Å²) in [5, 5.41) is 29.4. The summed E-state index contributed by atoms with van der Waals surface area (Å²) in [6.45, 7) is 2.05. The number of hydrogen-bond acceptors (Lipinski definition) is 7. The van der Waals surface area contributed by atoms with Crippen LogP contribution in [0.3, 0.4) is 0 Å². The van der Waals surface area contributed by atoms with Crippen LogP contribution >= 0.6 is 0 Å². The third-order valence-corrected chi connectivity index (χ3v) is 5.29. The van der Waals surface area contributed by atoms with E-state index < -0.39 is 30.7 Å². The molecule has 1 aliphatic rings. The van der Waals surface area contributed by atoms with Crippen LogP contribution in [-0.4, -0.2) is 65.7 Å². The highest BCUT2D eigenvalue weighted by molar-refractivity contribution is 5.69. The Bertz CT molecular complexity index is 402. The molecule has 0 radical (unpaired) electrons. The smallest absolute Gasteiger partial charge is 0.305 e. The quantitative estimate of drug-likeness (QED) is 0.285. The van der Waals surface area contributed by atoms with Gasteiger partial charge in [0.2, 0.25) is 0 Å². The fourth-order valence-electron chi connectivity index (χ4n) is 3.43. The maximum Gasteiger partial charge on any atom is 0.305 e. The lowest BCUT2D eigenvalue weighted by atomic mass is 9.99. The minimum atomic E-state index is -1.41. The molecule has 7 heteroatoms. The lowest BCUT2D eigenvalue weighted by Crippen LogP contribution is -2.59. The SMILES string of the molecule is CCCCCCCCCCCCCC(=O)OC[C@H]1O[C@H](OC)[C@H](O)[C@@H](O)[C@@H]1O. The summed E-state index contributed by atoms with van der Waals surface area (Å²) >= 11 is 0. The maximum atomic E-state index is 11.8. The zero-order chi connectivity index (χ0) is 20.8. The van der Waals surface area contributed by atoms with Gasteiger partial charge in [0.25, 0.3) is 0 Å². The molecule has 0 unspecified atom stereocenters. The highest BCUT2D eigenvalue weighted by Crippen LogP contribution is 2.22. The van der Waals surface area contributed by atoms with E-state index in [0.29, 0.717) is 6.42 Å². The first-order valence-corrected chi connectivity index (χ1v) is 10.9. The molecule has 3 N–H and O–H groups in total. The maximum absolute atomic E-state index is 11.8. The van der Waals surface area contributed by atoms with Crippen molar-refractivity contribution in [1.82, 2.24) is 0 Å². The first kappa shape index (κ1) is 25.3. The first-order chi connectivity index (χ1) is 13.5. The Morgan fingerprint density at radius 2 is 1.36 bits per heavy atom. The molecule has 166 valence electrons. The van der Waals surface area contributed by atoms with Crippen molar-refractivity contribution >= 4 is 5.97 Å². The molecule has 0 aromatic heterocycles. The van der Waals surface area contributed by atoms with Gasteiger partial charge in [0.15, 0.2) is 6.29 Å². The van der Waals surface area contributed by atoms with Crippen LogP contribution in [0.1, 0.15) is 84.0 Å². The van der Waals surface area contributed by atoms with Gasteiger partial charge in [-0.2, -0.15) is 0 Å². The summed E-state index contributed by atoms with van der Waals surface area (Å²) in [5.41, 5.74) is 0. The molecular formula is C21H40O7. The van der Waals surface area contributed by atoms with Gasteiger partial charge in [0, 0.05) is 13.5 Å². The van der Waals surface area contributed by atoms with E-state index in [1.165, 1.54) is 58.5 Å². The number of esters is 1. The number of ether oxygens (including phenoxy) is 3. The fraction of sp³-hybridized carbons (Fsp3) is 0.952. The minimum absolute atomic E-state index is 0.179. The van der Waals surface area contributed by atoms with Crippen molar-refractivity contribution in [2.24, 2.45) is 0 Å². The largest absolute Gasteiger partial charge is 0.463 e. The molecule has 0 amide bonds. The van der Waals surface area contributed by atoms with E-state index >= 15 is 0 Å². The van der Waals surface area contributed by atoms with Gasteiger partial charge in [-0.1, -0.05) is 71.1 Å². The minimum Gasteiger partial charge on any atom is -0.463 e. The predicted octanol–water partition coefficient (Wildman–Crippen LogP) is 2.68. The summed E-state index contributed by atoms with van der Waals surface area (Å²) in [4.78, 5) is 11.8. The van der Waals surface area contributed by atoms with E-state index in [0.717, 1.165) is 19.3 Å². The molecule has 0 spiro atoms. The molecule has 1 aliphatic heterocycles. The first-order valence-electron chi connectivity index (χ1n) is 10.9. The number of methoxy groups -OCH3 is 1. The Hall–Kier alpha value is -0.730. The monoisotopic (exact) mass is 404 g/mol. The van der Waals surface area contributed by atoms with Crippen LogP contribution in [0.25, 0.3) is 0 Å². The van der Waals surface area contributed by atoms with Crippen LogP contribution in [0.2, 0.25) is 0 Å². The second kappa shape index (κ2) is 15.2. The van der Waals surface area contributed by atoms with Crippen LogP contribution in [0.15, 0.2) is 0 Å². The van der Waals surface area contributed by atoms with Crippen LogP contribution in [0.4, 0.5) is 0 Å². The van der Waals surface area contributed by atoms with E-state index in [-0.39, 0.29) is 12.6 Å². The van der Waals surface area contributed by atoms with Crippen molar-refractivity contribution in [3.05, 3.63) is 0 Å². The van der Waals surface area contributed by atoms with Crippen molar-refractivity contribution in [2.45, 2.75) is 115 Å². The van der Waals surface area contributed by atoms with Gasteiger partial charge in [0.1, 0.15) is 31.0 Å². The molecule has 1 saturated heterocycles. The van der Waals surface area contributed by atoms with Gasteiger partial charge in [-0.05, 0) is 6.42 Å². The fourth-order valence-corrected chi connectivity index (χ4v) is 3.43. The molecule has 0 aliphatic carbocycles. The topological polar surface area (TPSA) is 105 Å².